The molecule has 1 aromatic carbocycles. The molecule has 0 aliphatic rings. The normalized spacial score (nSPS) is 11.3. The Morgan fingerprint density at radius 2 is 1.90 bits per heavy atom. The summed E-state index contributed by atoms with van der Waals surface area (Å²) >= 11 is 0. The maximum atomic E-state index is 12.6. The van der Waals surface area contributed by atoms with E-state index in [0.29, 0.717) is 11.4 Å². The number of methoxy groups -OCH3 is 1. The SMILES string of the molecule is COc1ccc(Nc2cc(N)nc(C(F)(F)F)n2)cc1C. The zero-order valence-corrected chi connectivity index (χ0v) is 11.3. The molecule has 0 amide bonds. The summed E-state index contributed by atoms with van der Waals surface area (Å²) in [5.74, 6) is -0.890. The number of anilines is 3. The van der Waals surface area contributed by atoms with Crippen LogP contribution < -0.4 is 15.8 Å². The minimum atomic E-state index is -4.65. The molecule has 21 heavy (non-hydrogen) atoms. The maximum Gasteiger partial charge on any atom is 0.451 e. The second kappa shape index (κ2) is 5.47. The van der Waals surface area contributed by atoms with Gasteiger partial charge in [-0.05, 0) is 30.7 Å². The number of alkyl halides is 3. The van der Waals surface area contributed by atoms with Crippen LogP contribution >= 0.6 is 0 Å². The van der Waals surface area contributed by atoms with Gasteiger partial charge in [-0.15, -0.1) is 0 Å². The van der Waals surface area contributed by atoms with E-state index in [-0.39, 0.29) is 11.6 Å². The van der Waals surface area contributed by atoms with E-state index in [2.05, 4.69) is 15.3 Å². The first-order chi connectivity index (χ1) is 9.79. The lowest BCUT2D eigenvalue weighted by molar-refractivity contribution is -0.144. The van der Waals surface area contributed by atoms with Crippen LogP contribution in [0, 0.1) is 6.92 Å². The van der Waals surface area contributed by atoms with Gasteiger partial charge >= 0.3 is 6.18 Å². The molecule has 0 saturated heterocycles. The van der Waals surface area contributed by atoms with Crippen LogP contribution in [0.1, 0.15) is 11.4 Å². The fourth-order valence-corrected chi connectivity index (χ4v) is 1.76. The lowest BCUT2D eigenvalue weighted by atomic mass is 10.2. The number of aryl methyl sites for hydroxylation is 1. The number of hydrogen-bond donors (Lipinski definition) is 2. The highest BCUT2D eigenvalue weighted by atomic mass is 19.4. The first kappa shape index (κ1) is 14.9. The Kier molecular flexibility index (Phi) is 3.88. The van der Waals surface area contributed by atoms with Crippen molar-refractivity contribution in [3.63, 3.8) is 0 Å². The van der Waals surface area contributed by atoms with Crippen molar-refractivity contribution in [1.82, 2.24) is 9.97 Å². The van der Waals surface area contributed by atoms with Crippen molar-refractivity contribution < 1.29 is 17.9 Å². The Morgan fingerprint density at radius 1 is 1.19 bits per heavy atom. The number of rotatable bonds is 3. The molecule has 2 rings (SSSR count). The summed E-state index contributed by atoms with van der Waals surface area (Å²) in [5, 5.41) is 2.76. The molecule has 0 bridgehead atoms. The highest BCUT2D eigenvalue weighted by Gasteiger charge is 2.35. The van der Waals surface area contributed by atoms with E-state index in [1.807, 2.05) is 6.92 Å². The minimum Gasteiger partial charge on any atom is -0.496 e. The van der Waals surface area contributed by atoms with Crippen molar-refractivity contribution in [3.8, 4) is 5.75 Å². The highest BCUT2D eigenvalue weighted by molar-refractivity contribution is 5.61. The number of halogens is 3. The lowest BCUT2D eigenvalue weighted by Gasteiger charge is -2.11. The van der Waals surface area contributed by atoms with Gasteiger partial charge in [-0.25, -0.2) is 9.97 Å². The van der Waals surface area contributed by atoms with Crippen LogP contribution in [0.25, 0.3) is 0 Å². The van der Waals surface area contributed by atoms with Gasteiger partial charge in [-0.3, -0.25) is 0 Å². The smallest absolute Gasteiger partial charge is 0.451 e. The van der Waals surface area contributed by atoms with Gasteiger partial charge in [0.05, 0.1) is 7.11 Å². The van der Waals surface area contributed by atoms with Gasteiger partial charge in [0.15, 0.2) is 0 Å². The van der Waals surface area contributed by atoms with Gasteiger partial charge in [-0.1, -0.05) is 0 Å². The number of ether oxygens (including phenoxy) is 1. The number of aromatic nitrogens is 2. The quantitative estimate of drug-likeness (QED) is 0.910. The molecule has 0 aliphatic carbocycles. The fraction of sp³-hybridized carbons (Fsp3) is 0.231. The average Bonchev–Trinajstić information content (AvgIpc) is 2.37. The van der Waals surface area contributed by atoms with Crippen LogP contribution in [0.15, 0.2) is 24.3 Å². The van der Waals surface area contributed by atoms with Crippen LogP contribution in [0.4, 0.5) is 30.5 Å². The molecule has 0 atom stereocenters. The first-order valence-corrected chi connectivity index (χ1v) is 5.93. The second-order valence-corrected chi connectivity index (χ2v) is 4.31. The zero-order valence-electron chi connectivity index (χ0n) is 11.3. The summed E-state index contributed by atoms with van der Waals surface area (Å²) < 4.78 is 43.0. The number of benzene rings is 1. The van der Waals surface area contributed by atoms with Crippen molar-refractivity contribution >= 4 is 17.3 Å². The van der Waals surface area contributed by atoms with Crippen LogP contribution in [-0.4, -0.2) is 17.1 Å². The number of hydrogen-bond acceptors (Lipinski definition) is 5. The van der Waals surface area contributed by atoms with Crippen LogP contribution in [-0.2, 0) is 6.18 Å². The summed E-state index contributed by atoms with van der Waals surface area (Å²) in [6.07, 6.45) is -4.65. The number of nitrogen functional groups attached to an aromatic ring is 1. The molecule has 3 N–H and O–H groups in total. The molecule has 0 fully saturated rings. The van der Waals surface area contributed by atoms with Gasteiger partial charge in [0.1, 0.15) is 17.4 Å². The summed E-state index contributed by atoms with van der Waals surface area (Å²) in [4.78, 5) is 6.59. The predicted molar refractivity (Wildman–Crippen MR) is 72.5 cm³/mol. The Morgan fingerprint density at radius 3 is 2.48 bits per heavy atom. The molecular formula is C13H13F3N4O. The summed E-state index contributed by atoms with van der Waals surface area (Å²) in [5.41, 5.74) is 6.78. The third-order valence-corrected chi connectivity index (χ3v) is 2.67. The van der Waals surface area contributed by atoms with Crippen LogP contribution in [0.3, 0.4) is 0 Å². The molecular weight excluding hydrogens is 285 g/mol. The van der Waals surface area contributed by atoms with E-state index in [1.165, 1.54) is 13.2 Å². The van der Waals surface area contributed by atoms with E-state index in [0.717, 1.165) is 5.56 Å². The second-order valence-electron chi connectivity index (χ2n) is 4.31. The van der Waals surface area contributed by atoms with Crippen LogP contribution in [0.5, 0.6) is 5.75 Å². The molecule has 0 spiro atoms. The third-order valence-electron chi connectivity index (χ3n) is 2.67. The molecule has 0 radical (unpaired) electrons. The summed E-state index contributed by atoms with van der Waals surface area (Å²) in [6, 6.07) is 6.32. The zero-order chi connectivity index (χ0) is 15.6. The molecule has 0 saturated carbocycles. The standard InChI is InChI=1S/C13H13F3N4O/c1-7-5-8(3-4-9(7)21-2)18-11-6-10(17)19-12(20-11)13(14,15)16/h3-6H,1-2H3,(H3,17,18,19,20). The maximum absolute atomic E-state index is 12.6. The van der Waals surface area contributed by atoms with Crippen molar-refractivity contribution in [1.29, 1.82) is 0 Å². The first-order valence-electron chi connectivity index (χ1n) is 5.93. The molecule has 2 aromatic rings. The van der Waals surface area contributed by atoms with Crippen molar-refractivity contribution in [3.05, 3.63) is 35.7 Å². The average molecular weight is 298 g/mol. The van der Waals surface area contributed by atoms with E-state index in [4.69, 9.17) is 10.5 Å². The molecule has 1 heterocycles. The highest BCUT2D eigenvalue weighted by Crippen LogP contribution is 2.29. The van der Waals surface area contributed by atoms with Gasteiger partial charge < -0.3 is 15.8 Å². The molecule has 0 aliphatic heterocycles. The van der Waals surface area contributed by atoms with Gasteiger partial charge in [0, 0.05) is 11.8 Å². The Bertz CT molecular complexity index is 658. The summed E-state index contributed by atoms with van der Waals surface area (Å²) in [7, 11) is 1.54. The molecule has 112 valence electrons. The molecule has 1 aromatic heterocycles. The Hall–Kier alpha value is -2.51. The van der Waals surface area contributed by atoms with Crippen molar-refractivity contribution in [2.45, 2.75) is 13.1 Å². The number of nitrogens with two attached hydrogens (primary N) is 1. The van der Waals surface area contributed by atoms with Gasteiger partial charge in [0.2, 0.25) is 5.82 Å². The Labute approximate surface area is 119 Å². The molecule has 8 heteroatoms. The predicted octanol–water partition coefficient (Wildman–Crippen LogP) is 3.14. The van der Waals surface area contributed by atoms with E-state index in [9.17, 15) is 13.2 Å². The number of nitrogens with zero attached hydrogens (tertiary/aromatic N) is 2. The number of nitrogens with one attached hydrogen (secondary N) is 1. The largest absolute Gasteiger partial charge is 0.496 e. The van der Waals surface area contributed by atoms with E-state index < -0.39 is 12.0 Å². The van der Waals surface area contributed by atoms with Crippen LogP contribution in [0.2, 0.25) is 0 Å². The topological polar surface area (TPSA) is 73.1 Å². The van der Waals surface area contributed by atoms with Crippen molar-refractivity contribution in [2.75, 3.05) is 18.2 Å². The fourth-order valence-electron chi connectivity index (χ4n) is 1.76. The molecule has 5 nitrogen and oxygen atoms in total. The Balaban J connectivity index is 2.31. The summed E-state index contributed by atoms with van der Waals surface area (Å²) in [6.45, 7) is 1.82. The third kappa shape index (κ3) is 3.53. The van der Waals surface area contributed by atoms with Gasteiger partial charge in [0.25, 0.3) is 0 Å². The monoisotopic (exact) mass is 298 g/mol. The van der Waals surface area contributed by atoms with Crippen molar-refractivity contribution in [2.24, 2.45) is 0 Å². The van der Waals surface area contributed by atoms with Gasteiger partial charge in [-0.2, -0.15) is 13.2 Å². The van der Waals surface area contributed by atoms with E-state index >= 15 is 0 Å². The van der Waals surface area contributed by atoms with E-state index in [1.54, 1.807) is 18.2 Å². The minimum absolute atomic E-state index is 0.0283. The lowest BCUT2D eigenvalue weighted by Crippen LogP contribution is -2.13. The molecule has 0 unspecified atom stereocenters.